The fourth-order valence-corrected chi connectivity index (χ4v) is 2.93. The second kappa shape index (κ2) is 4.87. The SMILES string of the molecule is Cc1ccc(Cl)c(C)c1N1[C@H](C)CNC[C@@H]1C. The maximum Gasteiger partial charge on any atom is 0.0456 e. The van der Waals surface area contributed by atoms with E-state index in [4.69, 9.17) is 11.6 Å². The Morgan fingerprint density at radius 3 is 2.35 bits per heavy atom. The predicted molar refractivity (Wildman–Crippen MR) is 75.2 cm³/mol. The summed E-state index contributed by atoms with van der Waals surface area (Å²) in [6, 6.07) is 5.13. The number of piperazine rings is 1. The second-order valence-corrected chi connectivity index (χ2v) is 5.51. The molecule has 2 rings (SSSR count). The van der Waals surface area contributed by atoms with Crippen LogP contribution in [0.5, 0.6) is 0 Å². The van der Waals surface area contributed by atoms with Crippen LogP contribution in [0, 0.1) is 13.8 Å². The summed E-state index contributed by atoms with van der Waals surface area (Å²) in [5.74, 6) is 0. The van der Waals surface area contributed by atoms with Crippen molar-refractivity contribution >= 4 is 17.3 Å². The molecule has 0 aromatic heterocycles. The maximum atomic E-state index is 6.26. The van der Waals surface area contributed by atoms with Crippen LogP contribution in [0.15, 0.2) is 12.1 Å². The van der Waals surface area contributed by atoms with Crippen molar-refractivity contribution in [2.45, 2.75) is 39.8 Å². The van der Waals surface area contributed by atoms with Crippen molar-refractivity contribution < 1.29 is 0 Å². The van der Waals surface area contributed by atoms with Gasteiger partial charge in [0.2, 0.25) is 0 Å². The number of halogens is 1. The predicted octanol–water partition coefficient (Wildman–Crippen LogP) is 3.14. The highest BCUT2D eigenvalue weighted by atomic mass is 35.5. The van der Waals surface area contributed by atoms with E-state index in [2.05, 4.69) is 44.0 Å². The number of hydrogen-bond donors (Lipinski definition) is 1. The Kier molecular flexibility index (Phi) is 3.64. The third kappa shape index (κ3) is 2.29. The second-order valence-electron chi connectivity index (χ2n) is 5.10. The number of nitrogens with one attached hydrogen (secondary N) is 1. The molecule has 1 heterocycles. The largest absolute Gasteiger partial charge is 0.363 e. The smallest absolute Gasteiger partial charge is 0.0456 e. The summed E-state index contributed by atoms with van der Waals surface area (Å²) < 4.78 is 0. The third-order valence-electron chi connectivity index (χ3n) is 3.65. The van der Waals surface area contributed by atoms with Gasteiger partial charge in [-0.15, -0.1) is 0 Å². The van der Waals surface area contributed by atoms with Crippen molar-refractivity contribution in [3.05, 3.63) is 28.3 Å². The molecule has 3 heteroatoms. The van der Waals surface area contributed by atoms with Crippen molar-refractivity contribution in [2.24, 2.45) is 0 Å². The average molecular weight is 253 g/mol. The average Bonchev–Trinajstić information content (AvgIpc) is 2.28. The van der Waals surface area contributed by atoms with Gasteiger partial charge in [0.1, 0.15) is 0 Å². The van der Waals surface area contributed by atoms with E-state index in [9.17, 15) is 0 Å². The maximum absolute atomic E-state index is 6.26. The molecule has 0 saturated carbocycles. The zero-order valence-electron chi connectivity index (χ0n) is 11.0. The minimum Gasteiger partial charge on any atom is -0.363 e. The van der Waals surface area contributed by atoms with E-state index in [0.29, 0.717) is 12.1 Å². The van der Waals surface area contributed by atoms with Gasteiger partial charge in [-0.2, -0.15) is 0 Å². The number of anilines is 1. The molecule has 0 bridgehead atoms. The van der Waals surface area contributed by atoms with Crippen LogP contribution in [-0.4, -0.2) is 25.2 Å². The van der Waals surface area contributed by atoms with Gasteiger partial charge in [0.25, 0.3) is 0 Å². The molecule has 1 aliphatic rings. The first-order valence-electron chi connectivity index (χ1n) is 6.27. The van der Waals surface area contributed by atoms with E-state index in [1.165, 1.54) is 16.8 Å². The number of benzene rings is 1. The molecule has 0 amide bonds. The van der Waals surface area contributed by atoms with E-state index in [-0.39, 0.29) is 0 Å². The van der Waals surface area contributed by atoms with Gasteiger partial charge >= 0.3 is 0 Å². The molecule has 0 spiro atoms. The first-order valence-corrected chi connectivity index (χ1v) is 6.65. The molecule has 1 fully saturated rings. The highest BCUT2D eigenvalue weighted by molar-refractivity contribution is 6.31. The quantitative estimate of drug-likeness (QED) is 0.826. The lowest BCUT2D eigenvalue weighted by Gasteiger charge is -2.43. The van der Waals surface area contributed by atoms with E-state index in [0.717, 1.165) is 18.1 Å². The molecule has 0 radical (unpaired) electrons. The molecule has 0 unspecified atom stereocenters. The van der Waals surface area contributed by atoms with E-state index < -0.39 is 0 Å². The lowest BCUT2D eigenvalue weighted by atomic mass is 10.0. The van der Waals surface area contributed by atoms with Crippen LogP contribution in [0.25, 0.3) is 0 Å². The number of aryl methyl sites for hydroxylation is 1. The van der Waals surface area contributed by atoms with Crippen LogP contribution in [0.1, 0.15) is 25.0 Å². The van der Waals surface area contributed by atoms with Crippen molar-refractivity contribution in [3.8, 4) is 0 Å². The monoisotopic (exact) mass is 252 g/mol. The topological polar surface area (TPSA) is 15.3 Å². The summed E-state index contributed by atoms with van der Waals surface area (Å²) in [6.07, 6.45) is 0. The zero-order valence-corrected chi connectivity index (χ0v) is 11.8. The lowest BCUT2D eigenvalue weighted by Crippen LogP contribution is -2.55. The highest BCUT2D eigenvalue weighted by Crippen LogP contribution is 2.33. The molecule has 94 valence electrons. The van der Waals surface area contributed by atoms with Crippen molar-refractivity contribution in [1.29, 1.82) is 0 Å². The van der Waals surface area contributed by atoms with Crippen LogP contribution in [0.3, 0.4) is 0 Å². The van der Waals surface area contributed by atoms with Crippen LogP contribution < -0.4 is 10.2 Å². The fraction of sp³-hybridized carbons (Fsp3) is 0.571. The van der Waals surface area contributed by atoms with Crippen molar-refractivity contribution in [1.82, 2.24) is 5.32 Å². The van der Waals surface area contributed by atoms with Crippen LogP contribution in [-0.2, 0) is 0 Å². The molecule has 17 heavy (non-hydrogen) atoms. The Morgan fingerprint density at radius 2 is 1.76 bits per heavy atom. The molecule has 1 aliphatic heterocycles. The summed E-state index contributed by atoms with van der Waals surface area (Å²) >= 11 is 6.26. The van der Waals surface area contributed by atoms with Gasteiger partial charge in [-0.25, -0.2) is 0 Å². The summed E-state index contributed by atoms with van der Waals surface area (Å²) in [4.78, 5) is 2.51. The third-order valence-corrected chi connectivity index (χ3v) is 4.06. The summed E-state index contributed by atoms with van der Waals surface area (Å²) in [5.41, 5.74) is 3.83. The Labute approximate surface area is 109 Å². The Balaban J connectivity index is 2.48. The van der Waals surface area contributed by atoms with E-state index in [1.54, 1.807) is 0 Å². The van der Waals surface area contributed by atoms with Gasteiger partial charge < -0.3 is 10.2 Å². The van der Waals surface area contributed by atoms with Crippen LogP contribution in [0.4, 0.5) is 5.69 Å². The Morgan fingerprint density at radius 1 is 1.18 bits per heavy atom. The van der Waals surface area contributed by atoms with Gasteiger partial charge in [0, 0.05) is 35.9 Å². The molecule has 1 saturated heterocycles. The van der Waals surface area contributed by atoms with Crippen molar-refractivity contribution in [3.63, 3.8) is 0 Å². The number of nitrogens with zero attached hydrogens (tertiary/aromatic N) is 1. The fourth-order valence-electron chi connectivity index (χ4n) is 2.78. The molecule has 1 N–H and O–H groups in total. The Bertz CT molecular complexity index is 407. The van der Waals surface area contributed by atoms with E-state index >= 15 is 0 Å². The first kappa shape index (κ1) is 12.7. The molecule has 1 aromatic rings. The number of rotatable bonds is 1. The first-order chi connectivity index (χ1) is 8.02. The number of hydrogen-bond acceptors (Lipinski definition) is 2. The molecular weight excluding hydrogens is 232 g/mol. The minimum absolute atomic E-state index is 0.509. The van der Waals surface area contributed by atoms with Gasteiger partial charge in [-0.1, -0.05) is 17.7 Å². The lowest BCUT2D eigenvalue weighted by molar-refractivity contribution is 0.431. The van der Waals surface area contributed by atoms with Crippen LogP contribution >= 0.6 is 11.6 Å². The molecular formula is C14H21ClN2. The standard InChI is InChI=1S/C14H21ClN2/c1-9-5-6-13(15)12(4)14(9)17-10(2)7-16-8-11(17)3/h5-6,10-11,16H,7-8H2,1-4H3/t10-,11+. The highest BCUT2D eigenvalue weighted by Gasteiger charge is 2.27. The van der Waals surface area contributed by atoms with Crippen molar-refractivity contribution in [2.75, 3.05) is 18.0 Å². The molecule has 2 nitrogen and oxygen atoms in total. The van der Waals surface area contributed by atoms with Gasteiger partial charge in [0.05, 0.1) is 0 Å². The molecule has 0 aliphatic carbocycles. The summed E-state index contributed by atoms with van der Waals surface area (Å²) in [7, 11) is 0. The molecule has 1 aromatic carbocycles. The normalized spacial score (nSPS) is 25.1. The zero-order chi connectivity index (χ0) is 12.6. The van der Waals surface area contributed by atoms with Gasteiger partial charge in [-0.05, 0) is 44.9 Å². The summed E-state index contributed by atoms with van der Waals surface area (Å²) in [6.45, 7) is 10.9. The van der Waals surface area contributed by atoms with E-state index in [1.807, 2.05) is 6.07 Å². The minimum atomic E-state index is 0.509. The van der Waals surface area contributed by atoms with Gasteiger partial charge in [0.15, 0.2) is 0 Å². The summed E-state index contributed by atoms with van der Waals surface area (Å²) in [5, 5.41) is 4.33. The molecule has 2 atom stereocenters. The Hall–Kier alpha value is -0.730. The van der Waals surface area contributed by atoms with Crippen LogP contribution in [0.2, 0.25) is 5.02 Å². The van der Waals surface area contributed by atoms with Gasteiger partial charge in [-0.3, -0.25) is 0 Å².